The van der Waals surface area contributed by atoms with Gasteiger partial charge in [-0.25, -0.2) is 4.98 Å². The van der Waals surface area contributed by atoms with E-state index in [-0.39, 0.29) is 0 Å². The van der Waals surface area contributed by atoms with E-state index in [4.69, 9.17) is 11.6 Å². The molecule has 1 aromatic heterocycles. The Balaban J connectivity index is 2.49. The van der Waals surface area contributed by atoms with Crippen molar-refractivity contribution in [3.63, 3.8) is 0 Å². The largest absolute Gasteiger partial charge is 0.327 e. The van der Waals surface area contributed by atoms with Gasteiger partial charge in [-0.1, -0.05) is 33.6 Å². The molecule has 0 fully saturated rings. The molecule has 0 radical (unpaired) electrons. The number of benzene rings is 1. The molecule has 0 bridgehead atoms. The van der Waals surface area contributed by atoms with Gasteiger partial charge in [0.1, 0.15) is 5.82 Å². The highest BCUT2D eigenvalue weighted by atomic mass is 79.9. The van der Waals surface area contributed by atoms with Crippen LogP contribution in [0.1, 0.15) is 0 Å². The fraction of sp³-hybridized carbons (Fsp3) is 0.0833. The molecular formula is C12H10BrClN2. The molecule has 1 heterocycles. The highest BCUT2D eigenvalue weighted by Crippen LogP contribution is 2.26. The van der Waals surface area contributed by atoms with E-state index in [0.717, 1.165) is 22.4 Å². The van der Waals surface area contributed by atoms with Crippen LogP contribution in [0, 0.1) is 0 Å². The van der Waals surface area contributed by atoms with E-state index in [0.29, 0.717) is 5.02 Å². The Morgan fingerprint density at radius 3 is 2.94 bits per heavy atom. The third kappa shape index (κ3) is 2.36. The monoisotopic (exact) mass is 296 g/mol. The van der Waals surface area contributed by atoms with E-state index in [1.54, 1.807) is 6.20 Å². The molecule has 4 heteroatoms. The SMILES string of the molecule is C=CCn1ccnc1-c1cc(Cl)cc(Br)c1. The second-order valence-electron chi connectivity index (χ2n) is 3.35. The van der Waals surface area contributed by atoms with Gasteiger partial charge in [-0.05, 0) is 18.2 Å². The van der Waals surface area contributed by atoms with Crippen molar-refractivity contribution >= 4 is 27.5 Å². The van der Waals surface area contributed by atoms with Gasteiger partial charge >= 0.3 is 0 Å². The lowest BCUT2D eigenvalue weighted by Gasteiger charge is -2.06. The van der Waals surface area contributed by atoms with Gasteiger partial charge in [0.2, 0.25) is 0 Å². The second kappa shape index (κ2) is 4.85. The number of halogens is 2. The van der Waals surface area contributed by atoms with Crippen molar-refractivity contribution < 1.29 is 0 Å². The standard InChI is InChI=1S/C12H10BrClN2/c1-2-4-16-5-3-15-12(16)9-6-10(13)8-11(14)7-9/h2-3,5-8H,1,4H2. The third-order valence-electron chi connectivity index (χ3n) is 2.16. The third-order valence-corrected chi connectivity index (χ3v) is 2.84. The summed E-state index contributed by atoms with van der Waals surface area (Å²) < 4.78 is 2.97. The summed E-state index contributed by atoms with van der Waals surface area (Å²) in [5.74, 6) is 0.892. The first-order valence-corrected chi connectivity index (χ1v) is 5.96. The van der Waals surface area contributed by atoms with Crippen LogP contribution in [0.15, 0.2) is 47.7 Å². The normalized spacial score (nSPS) is 10.4. The number of allylic oxidation sites excluding steroid dienone is 1. The van der Waals surface area contributed by atoms with Crippen LogP contribution in [0.25, 0.3) is 11.4 Å². The Kier molecular flexibility index (Phi) is 3.46. The molecule has 0 saturated heterocycles. The minimum atomic E-state index is 0.692. The predicted molar refractivity (Wildman–Crippen MR) is 70.6 cm³/mol. The summed E-state index contributed by atoms with van der Waals surface area (Å²) in [5, 5.41) is 0.692. The second-order valence-corrected chi connectivity index (χ2v) is 4.70. The van der Waals surface area contributed by atoms with Crippen LogP contribution in [-0.2, 0) is 6.54 Å². The molecule has 0 spiro atoms. The maximum atomic E-state index is 6.01. The van der Waals surface area contributed by atoms with Crippen LogP contribution in [0.2, 0.25) is 5.02 Å². The first kappa shape index (κ1) is 11.4. The van der Waals surface area contributed by atoms with Gasteiger partial charge < -0.3 is 4.57 Å². The molecule has 2 rings (SSSR count). The van der Waals surface area contributed by atoms with Crippen LogP contribution in [0.4, 0.5) is 0 Å². The van der Waals surface area contributed by atoms with Crippen molar-refractivity contribution in [1.29, 1.82) is 0 Å². The average Bonchev–Trinajstić information content (AvgIpc) is 2.65. The zero-order chi connectivity index (χ0) is 11.5. The maximum Gasteiger partial charge on any atom is 0.140 e. The summed E-state index contributed by atoms with van der Waals surface area (Å²) in [5.41, 5.74) is 0.992. The Morgan fingerprint density at radius 2 is 2.25 bits per heavy atom. The van der Waals surface area contributed by atoms with E-state index >= 15 is 0 Å². The maximum absolute atomic E-state index is 6.01. The molecule has 0 aliphatic rings. The lowest BCUT2D eigenvalue weighted by molar-refractivity contribution is 0.832. The van der Waals surface area contributed by atoms with Crippen molar-refractivity contribution in [1.82, 2.24) is 9.55 Å². The first-order valence-electron chi connectivity index (χ1n) is 4.79. The number of hydrogen-bond acceptors (Lipinski definition) is 1. The molecule has 0 atom stereocenters. The molecular weight excluding hydrogens is 288 g/mol. The van der Waals surface area contributed by atoms with Gasteiger partial charge in [0.15, 0.2) is 0 Å². The smallest absolute Gasteiger partial charge is 0.140 e. The Hall–Kier alpha value is -1.06. The van der Waals surface area contributed by atoms with Crippen LogP contribution in [0.5, 0.6) is 0 Å². The molecule has 16 heavy (non-hydrogen) atoms. The summed E-state index contributed by atoms with van der Waals surface area (Å²) in [6.07, 6.45) is 5.53. The predicted octanol–water partition coefficient (Wildman–Crippen LogP) is 4.15. The molecule has 0 amide bonds. The van der Waals surface area contributed by atoms with E-state index in [9.17, 15) is 0 Å². The zero-order valence-electron chi connectivity index (χ0n) is 8.53. The molecule has 1 aromatic carbocycles. The topological polar surface area (TPSA) is 17.8 Å². The molecule has 0 unspecified atom stereocenters. The van der Waals surface area contributed by atoms with E-state index in [1.165, 1.54) is 0 Å². The Morgan fingerprint density at radius 1 is 1.44 bits per heavy atom. The summed E-state index contributed by atoms with van der Waals surface area (Å²) in [6.45, 7) is 4.46. The molecule has 2 aromatic rings. The van der Waals surface area contributed by atoms with Crippen LogP contribution < -0.4 is 0 Å². The van der Waals surface area contributed by atoms with Crippen molar-refractivity contribution in [2.24, 2.45) is 0 Å². The Labute approximate surface area is 108 Å². The van der Waals surface area contributed by atoms with Gasteiger partial charge in [-0.2, -0.15) is 0 Å². The number of aromatic nitrogens is 2. The highest BCUT2D eigenvalue weighted by Gasteiger charge is 2.06. The fourth-order valence-corrected chi connectivity index (χ4v) is 2.40. The number of hydrogen-bond donors (Lipinski definition) is 0. The molecule has 82 valence electrons. The lowest BCUT2D eigenvalue weighted by atomic mass is 10.2. The quantitative estimate of drug-likeness (QED) is 0.778. The van der Waals surface area contributed by atoms with Crippen LogP contribution in [0.3, 0.4) is 0 Å². The summed E-state index contributed by atoms with van der Waals surface area (Å²) in [4.78, 5) is 4.32. The van der Waals surface area contributed by atoms with E-state index < -0.39 is 0 Å². The molecule has 2 nitrogen and oxygen atoms in total. The average molecular weight is 298 g/mol. The number of nitrogens with zero attached hydrogens (tertiary/aromatic N) is 2. The molecule has 0 aliphatic heterocycles. The highest BCUT2D eigenvalue weighted by molar-refractivity contribution is 9.10. The van der Waals surface area contributed by atoms with Crippen LogP contribution in [-0.4, -0.2) is 9.55 Å². The van der Waals surface area contributed by atoms with Crippen LogP contribution >= 0.6 is 27.5 Å². The minimum absolute atomic E-state index is 0.692. The minimum Gasteiger partial charge on any atom is -0.327 e. The van der Waals surface area contributed by atoms with Gasteiger partial charge in [0.25, 0.3) is 0 Å². The zero-order valence-corrected chi connectivity index (χ0v) is 10.9. The van der Waals surface area contributed by atoms with Gasteiger partial charge in [0.05, 0.1) is 0 Å². The lowest BCUT2D eigenvalue weighted by Crippen LogP contribution is -1.96. The summed E-state index contributed by atoms with van der Waals surface area (Å²) >= 11 is 9.43. The van der Waals surface area contributed by atoms with Crippen molar-refractivity contribution in [3.8, 4) is 11.4 Å². The molecule has 0 aliphatic carbocycles. The van der Waals surface area contributed by atoms with Crippen molar-refractivity contribution in [2.45, 2.75) is 6.54 Å². The van der Waals surface area contributed by atoms with Gasteiger partial charge in [0, 0.05) is 34.0 Å². The van der Waals surface area contributed by atoms with Gasteiger partial charge in [-0.3, -0.25) is 0 Å². The molecule has 0 saturated carbocycles. The molecule has 0 N–H and O–H groups in total. The van der Waals surface area contributed by atoms with E-state index in [1.807, 2.05) is 35.0 Å². The number of imidazole rings is 1. The van der Waals surface area contributed by atoms with E-state index in [2.05, 4.69) is 27.5 Å². The van der Waals surface area contributed by atoms with Gasteiger partial charge in [-0.15, -0.1) is 6.58 Å². The summed E-state index contributed by atoms with van der Waals surface area (Å²) in [6, 6.07) is 5.74. The number of rotatable bonds is 3. The Bertz CT molecular complexity index is 499. The van der Waals surface area contributed by atoms with Crippen molar-refractivity contribution in [3.05, 3.63) is 52.7 Å². The summed E-state index contributed by atoms with van der Waals surface area (Å²) in [7, 11) is 0. The van der Waals surface area contributed by atoms with Crippen molar-refractivity contribution in [2.75, 3.05) is 0 Å². The first-order chi connectivity index (χ1) is 7.70. The fourth-order valence-electron chi connectivity index (χ4n) is 1.54.